The molecule has 2 aromatic heterocycles. The van der Waals surface area contributed by atoms with Crippen LogP contribution >= 0.6 is 0 Å². The molecule has 0 saturated carbocycles. The van der Waals surface area contributed by atoms with Crippen molar-refractivity contribution in [2.45, 2.75) is 39.3 Å². The summed E-state index contributed by atoms with van der Waals surface area (Å²) in [6.45, 7) is 5.53. The van der Waals surface area contributed by atoms with Crippen LogP contribution < -0.4 is 0 Å². The molecule has 1 fully saturated rings. The third-order valence-electron chi connectivity index (χ3n) is 4.79. The molecule has 0 N–H and O–H groups in total. The first-order valence-corrected chi connectivity index (χ1v) is 8.65. The van der Waals surface area contributed by atoms with Crippen molar-refractivity contribution in [2.75, 3.05) is 6.54 Å². The molecule has 25 heavy (non-hydrogen) atoms. The fraction of sp³-hybridized carbons (Fsp3) is 0.368. The van der Waals surface area contributed by atoms with Crippen LogP contribution in [0, 0.1) is 13.8 Å². The van der Waals surface area contributed by atoms with E-state index in [1.165, 1.54) is 0 Å². The highest BCUT2D eigenvalue weighted by atomic mass is 16.2. The number of amides is 1. The van der Waals surface area contributed by atoms with Crippen LogP contribution in [-0.2, 0) is 6.54 Å². The monoisotopic (exact) mass is 335 g/mol. The van der Waals surface area contributed by atoms with Crippen LogP contribution in [0.25, 0.3) is 11.0 Å². The second-order valence-corrected chi connectivity index (χ2v) is 6.65. The molecule has 4 rings (SSSR count). The van der Waals surface area contributed by atoms with Gasteiger partial charge in [0.05, 0.1) is 35.5 Å². The van der Waals surface area contributed by atoms with Gasteiger partial charge in [-0.05, 0) is 44.9 Å². The second kappa shape index (κ2) is 6.27. The minimum Gasteiger partial charge on any atom is -0.332 e. The van der Waals surface area contributed by atoms with Crippen LogP contribution in [0.3, 0.4) is 0 Å². The number of aryl methyl sites for hydroxylation is 2. The normalized spacial score (nSPS) is 17.4. The molecule has 1 aliphatic rings. The van der Waals surface area contributed by atoms with Crippen molar-refractivity contribution in [1.82, 2.24) is 24.6 Å². The molecule has 128 valence electrons. The van der Waals surface area contributed by atoms with Crippen LogP contribution in [0.1, 0.15) is 34.7 Å². The van der Waals surface area contributed by atoms with Gasteiger partial charge in [0.15, 0.2) is 0 Å². The highest BCUT2D eigenvalue weighted by Crippen LogP contribution is 2.22. The van der Waals surface area contributed by atoms with Crippen LogP contribution in [-0.4, -0.2) is 43.1 Å². The van der Waals surface area contributed by atoms with E-state index in [4.69, 9.17) is 0 Å². The molecule has 1 saturated heterocycles. The van der Waals surface area contributed by atoms with Gasteiger partial charge in [0.1, 0.15) is 5.69 Å². The number of para-hydroxylation sites is 2. The first kappa shape index (κ1) is 15.7. The molecular weight excluding hydrogens is 314 g/mol. The van der Waals surface area contributed by atoms with Gasteiger partial charge in [0, 0.05) is 12.2 Å². The van der Waals surface area contributed by atoms with E-state index < -0.39 is 0 Å². The Hall–Kier alpha value is -2.76. The summed E-state index contributed by atoms with van der Waals surface area (Å²) in [5, 5.41) is 4.53. The molecule has 1 aromatic carbocycles. The Bertz CT molecular complexity index is 932. The minimum atomic E-state index is -0.0396. The predicted octanol–water partition coefficient (Wildman–Crippen LogP) is 2.75. The number of likely N-dealkylation sites (tertiary alicyclic amines) is 1. The van der Waals surface area contributed by atoms with E-state index >= 15 is 0 Å². The summed E-state index contributed by atoms with van der Waals surface area (Å²) in [6, 6.07) is 9.83. The zero-order chi connectivity index (χ0) is 17.4. The Kier molecular flexibility index (Phi) is 3.95. The average molecular weight is 335 g/mol. The number of rotatable bonds is 3. The van der Waals surface area contributed by atoms with Gasteiger partial charge in [0.2, 0.25) is 0 Å². The topological polar surface area (TPSA) is 63.9 Å². The lowest BCUT2D eigenvalue weighted by Crippen LogP contribution is -2.39. The number of nitrogens with zero attached hydrogens (tertiary/aromatic N) is 5. The molecule has 3 heterocycles. The van der Waals surface area contributed by atoms with Crippen molar-refractivity contribution in [3.8, 4) is 0 Å². The lowest BCUT2D eigenvalue weighted by atomic mass is 10.2. The lowest BCUT2D eigenvalue weighted by molar-refractivity contribution is 0.0715. The third kappa shape index (κ3) is 2.99. The van der Waals surface area contributed by atoms with E-state index in [9.17, 15) is 4.79 Å². The number of hydrogen-bond donors (Lipinski definition) is 0. The van der Waals surface area contributed by atoms with Gasteiger partial charge in [-0.1, -0.05) is 12.1 Å². The van der Waals surface area contributed by atoms with E-state index in [-0.39, 0.29) is 11.9 Å². The number of aromatic nitrogens is 4. The molecule has 0 spiro atoms. The van der Waals surface area contributed by atoms with Gasteiger partial charge >= 0.3 is 0 Å². The summed E-state index contributed by atoms with van der Waals surface area (Å²) in [4.78, 5) is 23.8. The van der Waals surface area contributed by atoms with E-state index in [1.54, 1.807) is 6.20 Å². The molecule has 3 aromatic rings. The Morgan fingerprint density at radius 3 is 2.80 bits per heavy atom. The van der Waals surface area contributed by atoms with Crippen molar-refractivity contribution in [2.24, 2.45) is 0 Å². The van der Waals surface area contributed by atoms with E-state index in [0.29, 0.717) is 5.69 Å². The summed E-state index contributed by atoms with van der Waals surface area (Å²) in [5.41, 5.74) is 4.11. The molecule has 0 aliphatic carbocycles. The van der Waals surface area contributed by atoms with Crippen molar-refractivity contribution in [3.05, 3.63) is 53.6 Å². The van der Waals surface area contributed by atoms with Crippen LogP contribution in [0.4, 0.5) is 0 Å². The lowest BCUT2D eigenvalue weighted by Gasteiger charge is -2.24. The van der Waals surface area contributed by atoms with Gasteiger partial charge in [-0.2, -0.15) is 5.10 Å². The molecule has 6 heteroatoms. The fourth-order valence-corrected chi connectivity index (χ4v) is 3.56. The quantitative estimate of drug-likeness (QED) is 0.738. The standard InChI is InChI=1S/C19H21N5O/c1-13-10-14(2)24(22-13)12-15-6-5-9-23(15)19(25)18-11-20-16-7-3-4-8-17(16)21-18/h3-4,7-8,10-11,15H,5-6,9,12H2,1-2H3/t15-/m1/s1. The first-order chi connectivity index (χ1) is 12.1. The Morgan fingerprint density at radius 2 is 2.04 bits per heavy atom. The van der Waals surface area contributed by atoms with Crippen molar-refractivity contribution in [1.29, 1.82) is 0 Å². The Labute approximate surface area is 146 Å². The first-order valence-electron chi connectivity index (χ1n) is 8.65. The number of carbonyl (C=O) groups is 1. The smallest absolute Gasteiger partial charge is 0.274 e. The molecule has 1 atom stereocenters. The molecule has 1 aliphatic heterocycles. The van der Waals surface area contributed by atoms with E-state index in [0.717, 1.165) is 48.4 Å². The fourth-order valence-electron chi connectivity index (χ4n) is 3.56. The van der Waals surface area contributed by atoms with Gasteiger partial charge in [0.25, 0.3) is 5.91 Å². The Balaban J connectivity index is 1.58. The van der Waals surface area contributed by atoms with Crippen molar-refractivity contribution in [3.63, 3.8) is 0 Å². The summed E-state index contributed by atoms with van der Waals surface area (Å²) in [7, 11) is 0. The third-order valence-corrected chi connectivity index (χ3v) is 4.79. The van der Waals surface area contributed by atoms with Gasteiger partial charge < -0.3 is 4.90 Å². The second-order valence-electron chi connectivity index (χ2n) is 6.65. The molecule has 0 radical (unpaired) electrons. The zero-order valence-corrected chi connectivity index (χ0v) is 14.5. The van der Waals surface area contributed by atoms with Crippen molar-refractivity contribution < 1.29 is 4.79 Å². The number of fused-ring (bicyclic) bond motifs is 1. The molecule has 1 amide bonds. The number of carbonyl (C=O) groups excluding carboxylic acids is 1. The maximum atomic E-state index is 13.0. The maximum absolute atomic E-state index is 13.0. The van der Waals surface area contributed by atoms with E-state index in [1.807, 2.05) is 40.8 Å². The van der Waals surface area contributed by atoms with Crippen LogP contribution in [0.2, 0.25) is 0 Å². The van der Waals surface area contributed by atoms with Crippen molar-refractivity contribution >= 4 is 16.9 Å². The summed E-state index contributed by atoms with van der Waals surface area (Å²) >= 11 is 0. The van der Waals surface area contributed by atoms with Gasteiger partial charge in [-0.15, -0.1) is 0 Å². The molecule has 0 bridgehead atoms. The largest absolute Gasteiger partial charge is 0.332 e. The van der Waals surface area contributed by atoms with E-state index in [2.05, 4.69) is 28.1 Å². The highest BCUT2D eigenvalue weighted by molar-refractivity contribution is 5.94. The highest BCUT2D eigenvalue weighted by Gasteiger charge is 2.31. The number of benzene rings is 1. The minimum absolute atomic E-state index is 0.0396. The zero-order valence-electron chi connectivity index (χ0n) is 14.5. The Morgan fingerprint density at radius 1 is 1.24 bits per heavy atom. The summed E-state index contributed by atoms with van der Waals surface area (Å²) < 4.78 is 2.00. The molecule has 6 nitrogen and oxygen atoms in total. The molecule has 0 unspecified atom stereocenters. The van der Waals surface area contributed by atoms with Gasteiger partial charge in [-0.25, -0.2) is 4.98 Å². The number of hydrogen-bond acceptors (Lipinski definition) is 4. The summed E-state index contributed by atoms with van der Waals surface area (Å²) in [5.74, 6) is -0.0396. The predicted molar refractivity (Wildman–Crippen MR) is 95.3 cm³/mol. The summed E-state index contributed by atoms with van der Waals surface area (Å²) in [6.07, 6.45) is 3.59. The SMILES string of the molecule is Cc1cc(C)n(C[C@H]2CCCN2C(=O)c2cnc3ccccc3n2)n1. The van der Waals surface area contributed by atoms with Crippen LogP contribution in [0.15, 0.2) is 36.5 Å². The molecular formula is C19H21N5O. The average Bonchev–Trinajstić information content (AvgIpc) is 3.20. The van der Waals surface area contributed by atoms with Gasteiger partial charge in [-0.3, -0.25) is 14.5 Å². The van der Waals surface area contributed by atoms with Crippen LogP contribution in [0.5, 0.6) is 0 Å². The maximum Gasteiger partial charge on any atom is 0.274 e.